The van der Waals surface area contributed by atoms with E-state index >= 15 is 0 Å². The first kappa shape index (κ1) is 23.0. The van der Waals surface area contributed by atoms with Gasteiger partial charge in [0.2, 0.25) is 5.95 Å². The van der Waals surface area contributed by atoms with Crippen LogP contribution in [-0.4, -0.2) is 92.3 Å². The monoisotopic (exact) mass is 497 g/mol. The largest absolute Gasteiger partial charge is 0.378 e. The number of alkyl halides is 2. The van der Waals surface area contributed by atoms with Gasteiger partial charge in [0.25, 0.3) is 0 Å². The summed E-state index contributed by atoms with van der Waals surface area (Å²) < 4.78 is 36.8. The van der Waals surface area contributed by atoms with Gasteiger partial charge in [-0.05, 0) is 31.5 Å². The quantitative estimate of drug-likeness (QED) is 0.402. The molecule has 0 bridgehead atoms. The van der Waals surface area contributed by atoms with E-state index in [1.165, 1.54) is 0 Å². The van der Waals surface area contributed by atoms with Crippen LogP contribution in [-0.2, 0) is 11.3 Å². The summed E-state index contributed by atoms with van der Waals surface area (Å²) in [6.07, 6.45) is 1.48. The first-order chi connectivity index (χ1) is 17.6. The van der Waals surface area contributed by atoms with Crippen molar-refractivity contribution in [2.45, 2.75) is 38.1 Å². The Hall–Kier alpha value is -3.38. The second-order valence-electron chi connectivity index (χ2n) is 9.34. The number of pyridine rings is 1. The van der Waals surface area contributed by atoms with Crippen LogP contribution in [0, 0.1) is 6.92 Å². The molecule has 190 valence electrons. The Morgan fingerprint density at radius 1 is 1.17 bits per heavy atom. The van der Waals surface area contributed by atoms with Gasteiger partial charge in [-0.3, -0.25) is 4.90 Å². The van der Waals surface area contributed by atoms with Gasteiger partial charge in [0.1, 0.15) is 29.7 Å². The number of hydrogen-bond donors (Lipinski definition) is 2. The highest BCUT2D eigenvalue weighted by Crippen LogP contribution is 2.31. The van der Waals surface area contributed by atoms with Gasteiger partial charge in [0.15, 0.2) is 11.5 Å². The first-order valence-corrected chi connectivity index (χ1v) is 12.3. The fourth-order valence-corrected chi connectivity index (χ4v) is 5.11. The van der Waals surface area contributed by atoms with Crippen LogP contribution < -0.4 is 10.6 Å². The number of hydrogen-bond acceptors (Lipinski definition) is 8. The molecule has 2 N–H and O–H groups in total. The summed E-state index contributed by atoms with van der Waals surface area (Å²) in [4.78, 5) is 16.1. The van der Waals surface area contributed by atoms with Gasteiger partial charge in [-0.15, -0.1) is 5.10 Å². The van der Waals surface area contributed by atoms with Crippen LogP contribution in [0.1, 0.15) is 12.2 Å². The number of aromatic nitrogens is 6. The predicted molar refractivity (Wildman–Crippen MR) is 133 cm³/mol. The number of nitrogens with zero attached hydrogens (tertiary/aromatic N) is 7. The SMILES string of the molecule is CNc1nc(N[C@H]2CCN(C3COC3)C[C@H]2F)nn2ccc(-c3ccc4nc(C)n(CCF)c4n3)c12. The minimum Gasteiger partial charge on any atom is -0.378 e. The molecule has 6 rings (SSSR count). The zero-order chi connectivity index (χ0) is 24.8. The third-order valence-electron chi connectivity index (χ3n) is 7.14. The second kappa shape index (κ2) is 9.25. The van der Waals surface area contributed by atoms with Crippen molar-refractivity contribution in [1.29, 1.82) is 0 Å². The topological polar surface area (TPSA) is 97.4 Å². The molecule has 10 nitrogen and oxygen atoms in total. The zero-order valence-electron chi connectivity index (χ0n) is 20.3. The van der Waals surface area contributed by atoms with Gasteiger partial charge in [0.05, 0.1) is 37.5 Å². The lowest BCUT2D eigenvalue weighted by Gasteiger charge is -2.42. The Kier molecular flexibility index (Phi) is 5.92. The van der Waals surface area contributed by atoms with E-state index in [9.17, 15) is 8.78 Å². The van der Waals surface area contributed by atoms with E-state index < -0.39 is 12.8 Å². The van der Waals surface area contributed by atoms with Crippen LogP contribution in [0.15, 0.2) is 24.4 Å². The third-order valence-corrected chi connectivity index (χ3v) is 7.14. The number of rotatable bonds is 7. The lowest BCUT2D eigenvalue weighted by atomic mass is 10.0. The number of aryl methyl sites for hydroxylation is 2. The van der Waals surface area contributed by atoms with Crippen LogP contribution in [0.25, 0.3) is 27.9 Å². The van der Waals surface area contributed by atoms with Crippen molar-refractivity contribution in [3.63, 3.8) is 0 Å². The molecule has 2 saturated heterocycles. The molecule has 12 heteroatoms. The van der Waals surface area contributed by atoms with Crippen molar-refractivity contribution in [2.75, 3.05) is 50.7 Å². The van der Waals surface area contributed by atoms with E-state index in [1.807, 2.05) is 31.3 Å². The van der Waals surface area contributed by atoms with Crippen molar-refractivity contribution in [3.05, 3.63) is 30.2 Å². The molecule has 2 fully saturated rings. The highest BCUT2D eigenvalue weighted by Gasteiger charge is 2.35. The van der Waals surface area contributed by atoms with Crippen molar-refractivity contribution < 1.29 is 13.5 Å². The van der Waals surface area contributed by atoms with E-state index in [0.717, 1.165) is 29.0 Å². The summed E-state index contributed by atoms with van der Waals surface area (Å²) in [7, 11) is 1.79. The van der Waals surface area contributed by atoms with Gasteiger partial charge in [0, 0.05) is 31.9 Å². The van der Waals surface area contributed by atoms with Crippen molar-refractivity contribution >= 4 is 28.4 Å². The molecule has 36 heavy (non-hydrogen) atoms. The molecule has 2 aliphatic rings. The smallest absolute Gasteiger partial charge is 0.243 e. The van der Waals surface area contributed by atoms with Gasteiger partial charge in [-0.25, -0.2) is 23.3 Å². The molecule has 0 amide bonds. The van der Waals surface area contributed by atoms with Crippen molar-refractivity contribution in [3.8, 4) is 11.3 Å². The first-order valence-electron chi connectivity index (χ1n) is 12.3. The molecule has 6 heterocycles. The summed E-state index contributed by atoms with van der Waals surface area (Å²) in [6.45, 7) is 4.13. The van der Waals surface area contributed by atoms with Gasteiger partial charge in [-0.1, -0.05) is 0 Å². The average Bonchev–Trinajstić information content (AvgIpc) is 3.40. The van der Waals surface area contributed by atoms with Crippen molar-refractivity contribution in [2.24, 2.45) is 0 Å². The Labute approximate surface area is 206 Å². The summed E-state index contributed by atoms with van der Waals surface area (Å²) in [5.74, 6) is 1.69. The van der Waals surface area contributed by atoms with E-state index in [-0.39, 0.29) is 12.6 Å². The molecule has 0 radical (unpaired) electrons. The summed E-state index contributed by atoms with van der Waals surface area (Å²) in [6, 6.07) is 5.68. The Morgan fingerprint density at radius 3 is 2.75 bits per heavy atom. The third kappa shape index (κ3) is 3.94. The van der Waals surface area contributed by atoms with Crippen molar-refractivity contribution in [1.82, 2.24) is 34.0 Å². The number of halogens is 2. The summed E-state index contributed by atoms with van der Waals surface area (Å²) >= 11 is 0. The molecule has 0 spiro atoms. The van der Waals surface area contributed by atoms with Crippen LogP contribution >= 0.6 is 0 Å². The molecule has 0 unspecified atom stereocenters. The molecular weight excluding hydrogens is 468 g/mol. The fourth-order valence-electron chi connectivity index (χ4n) is 5.11. The second-order valence-corrected chi connectivity index (χ2v) is 9.34. The molecule has 0 saturated carbocycles. The lowest BCUT2D eigenvalue weighted by molar-refractivity contribution is -0.0794. The molecule has 4 aromatic heterocycles. The normalized spacial score (nSPS) is 21.2. The number of ether oxygens (including phenoxy) is 1. The number of nitrogens with one attached hydrogen (secondary N) is 2. The van der Waals surface area contributed by atoms with Crippen LogP contribution in [0.5, 0.6) is 0 Å². The summed E-state index contributed by atoms with van der Waals surface area (Å²) in [5, 5.41) is 11.0. The predicted octanol–water partition coefficient (Wildman–Crippen LogP) is 2.68. The van der Waals surface area contributed by atoms with Crippen LogP contribution in [0.4, 0.5) is 20.5 Å². The standard InChI is InChI=1S/C24H29F2N9O/c1-14-28-20-4-3-18(29-23(20)34(14)10-7-25)16-5-9-35-21(16)22(27-2)31-24(32-35)30-19-6-8-33(11-17(19)26)15-12-36-13-15/h3-5,9,15,17,19H,6-8,10-13H2,1-2H3,(H2,27,30,31,32)/t17-,19+/m1/s1. The highest BCUT2D eigenvalue weighted by molar-refractivity contribution is 5.89. The minimum absolute atomic E-state index is 0.206. The lowest BCUT2D eigenvalue weighted by Crippen LogP contribution is -2.57. The highest BCUT2D eigenvalue weighted by atomic mass is 19.1. The van der Waals surface area contributed by atoms with E-state index in [0.29, 0.717) is 55.3 Å². The number of fused-ring (bicyclic) bond motifs is 2. The number of piperidine rings is 1. The number of likely N-dealkylation sites (tertiary alicyclic amines) is 1. The minimum atomic E-state index is -1.02. The molecular formula is C24H29F2N9O. The molecule has 2 atom stereocenters. The molecule has 2 aliphatic heterocycles. The Bertz CT molecular complexity index is 1400. The molecule has 0 aromatic carbocycles. The Morgan fingerprint density at radius 2 is 2.03 bits per heavy atom. The van der Waals surface area contributed by atoms with Crippen LogP contribution in [0.2, 0.25) is 0 Å². The fraction of sp³-hybridized carbons (Fsp3) is 0.500. The number of imidazole rings is 1. The zero-order valence-corrected chi connectivity index (χ0v) is 20.3. The molecule has 4 aromatic rings. The van der Waals surface area contributed by atoms with Gasteiger partial charge in [-0.2, -0.15) is 4.98 Å². The van der Waals surface area contributed by atoms with E-state index in [1.54, 1.807) is 16.1 Å². The van der Waals surface area contributed by atoms with Gasteiger partial charge < -0.3 is 19.9 Å². The summed E-state index contributed by atoms with van der Waals surface area (Å²) in [5.41, 5.74) is 3.65. The van der Waals surface area contributed by atoms with Crippen LogP contribution in [0.3, 0.4) is 0 Å². The molecule has 0 aliphatic carbocycles. The van der Waals surface area contributed by atoms with Gasteiger partial charge >= 0.3 is 0 Å². The van der Waals surface area contributed by atoms with E-state index in [4.69, 9.17) is 9.72 Å². The maximum atomic E-state index is 15.0. The Balaban J connectivity index is 1.29. The maximum Gasteiger partial charge on any atom is 0.243 e. The van der Waals surface area contributed by atoms with E-state index in [2.05, 4.69) is 30.6 Å². The average molecular weight is 498 g/mol. The number of anilines is 2. The maximum absolute atomic E-state index is 15.0.